The average Bonchev–Trinajstić information content (AvgIpc) is 2.75. The molecule has 0 atom stereocenters. The molecule has 0 aliphatic rings. The van der Waals surface area contributed by atoms with Gasteiger partial charge in [0.05, 0.1) is 19.0 Å². The zero-order valence-corrected chi connectivity index (χ0v) is 10.7. The number of hydrogen-bond acceptors (Lipinski definition) is 6. The number of rotatable bonds is 5. The highest BCUT2D eigenvalue weighted by atomic mass is 16.5. The summed E-state index contributed by atoms with van der Waals surface area (Å²) in [5.41, 5.74) is 1.86. The molecule has 2 aromatic rings. The van der Waals surface area contributed by atoms with Gasteiger partial charge in [0.25, 0.3) is 0 Å². The van der Waals surface area contributed by atoms with Gasteiger partial charge < -0.3 is 14.6 Å². The molecule has 0 saturated carbocycles. The Bertz CT molecular complexity index is 525. The lowest BCUT2D eigenvalue weighted by atomic mass is 10.3. The van der Waals surface area contributed by atoms with E-state index in [4.69, 9.17) is 9.26 Å². The summed E-state index contributed by atoms with van der Waals surface area (Å²) in [5, 5.41) is 7.11. The largest absolute Gasteiger partial charge is 0.493 e. The van der Waals surface area contributed by atoms with Crippen molar-refractivity contribution in [1.29, 1.82) is 0 Å². The van der Waals surface area contributed by atoms with Crippen molar-refractivity contribution < 1.29 is 9.26 Å². The van der Waals surface area contributed by atoms with Crippen LogP contribution in [-0.4, -0.2) is 28.8 Å². The summed E-state index contributed by atoms with van der Waals surface area (Å²) in [4.78, 5) is 8.32. The minimum Gasteiger partial charge on any atom is -0.493 e. The second kappa shape index (κ2) is 5.48. The first-order valence-electron chi connectivity index (χ1n) is 5.72. The number of hydrogen-bond donors (Lipinski definition) is 1. The SMILES string of the molecule is COc1cnc(C)cc1NCCc1noc(C)n1. The molecular formula is C12H16N4O2. The van der Waals surface area contributed by atoms with Gasteiger partial charge in [0, 0.05) is 25.6 Å². The molecule has 6 heteroatoms. The summed E-state index contributed by atoms with van der Waals surface area (Å²) < 4.78 is 10.1. The fraction of sp³-hybridized carbons (Fsp3) is 0.417. The van der Waals surface area contributed by atoms with Crippen molar-refractivity contribution in [3.8, 4) is 5.75 Å². The molecule has 0 aromatic carbocycles. The molecule has 2 heterocycles. The standard InChI is InChI=1S/C12H16N4O2/c1-8-6-10(11(17-3)7-14-8)13-5-4-12-15-9(2)18-16-12/h6-7H,4-5H2,1-3H3,(H,13,14). The van der Waals surface area contributed by atoms with Gasteiger partial charge in [0.1, 0.15) is 0 Å². The third kappa shape index (κ3) is 2.97. The van der Waals surface area contributed by atoms with Gasteiger partial charge in [-0.05, 0) is 13.0 Å². The molecule has 0 amide bonds. The van der Waals surface area contributed by atoms with Gasteiger partial charge in [0.2, 0.25) is 5.89 Å². The third-order valence-electron chi connectivity index (χ3n) is 2.46. The van der Waals surface area contributed by atoms with Gasteiger partial charge in [-0.1, -0.05) is 5.16 Å². The second-order valence-electron chi connectivity index (χ2n) is 3.93. The van der Waals surface area contributed by atoms with Crippen LogP contribution in [0.4, 0.5) is 5.69 Å². The summed E-state index contributed by atoms with van der Waals surface area (Å²) in [5.74, 6) is 2.01. The first kappa shape index (κ1) is 12.3. The molecule has 96 valence electrons. The fourth-order valence-corrected chi connectivity index (χ4v) is 1.60. The number of nitrogens with one attached hydrogen (secondary N) is 1. The molecule has 0 radical (unpaired) electrons. The van der Waals surface area contributed by atoms with Crippen LogP contribution in [-0.2, 0) is 6.42 Å². The molecule has 1 N–H and O–H groups in total. The van der Waals surface area contributed by atoms with Crippen molar-refractivity contribution in [1.82, 2.24) is 15.1 Å². The van der Waals surface area contributed by atoms with Crippen molar-refractivity contribution in [3.05, 3.63) is 29.7 Å². The maximum Gasteiger partial charge on any atom is 0.223 e. The average molecular weight is 248 g/mol. The maximum absolute atomic E-state index is 5.23. The Morgan fingerprint density at radius 1 is 1.39 bits per heavy atom. The highest BCUT2D eigenvalue weighted by Gasteiger charge is 2.05. The molecule has 2 rings (SSSR count). The van der Waals surface area contributed by atoms with E-state index >= 15 is 0 Å². The molecule has 6 nitrogen and oxygen atoms in total. The van der Waals surface area contributed by atoms with Gasteiger partial charge in [-0.2, -0.15) is 4.98 Å². The number of methoxy groups -OCH3 is 1. The third-order valence-corrected chi connectivity index (χ3v) is 2.46. The molecule has 0 spiro atoms. The van der Waals surface area contributed by atoms with E-state index in [0.29, 0.717) is 24.7 Å². The molecule has 0 aliphatic heterocycles. The highest BCUT2D eigenvalue weighted by molar-refractivity contribution is 5.55. The van der Waals surface area contributed by atoms with Crippen LogP contribution < -0.4 is 10.1 Å². The summed E-state index contributed by atoms with van der Waals surface area (Å²) >= 11 is 0. The molecule has 0 saturated heterocycles. The summed E-state index contributed by atoms with van der Waals surface area (Å²) in [6.45, 7) is 4.42. The Morgan fingerprint density at radius 2 is 2.22 bits per heavy atom. The van der Waals surface area contributed by atoms with Gasteiger partial charge in [-0.25, -0.2) is 0 Å². The zero-order valence-electron chi connectivity index (χ0n) is 10.7. The number of pyridine rings is 1. The molecule has 18 heavy (non-hydrogen) atoms. The van der Waals surface area contributed by atoms with Crippen LogP contribution >= 0.6 is 0 Å². The Morgan fingerprint density at radius 3 is 2.89 bits per heavy atom. The van der Waals surface area contributed by atoms with Crippen LogP contribution in [0.15, 0.2) is 16.8 Å². The van der Waals surface area contributed by atoms with Gasteiger partial charge in [-0.3, -0.25) is 4.98 Å². The first-order chi connectivity index (χ1) is 8.69. The van der Waals surface area contributed by atoms with Crippen LogP contribution in [0.1, 0.15) is 17.4 Å². The number of aryl methyl sites for hydroxylation is 2. The second-order valence-corrected chi connectivity index (χ2v) is 3.93. The maximum atomic E-state index is 5.23. The highest BCUT2D eigenvalue weighted by Crippen LogP contribution is 2.23. The summed E-state index contributed by atoms with van der Waals surface area (Å²) in [6.07, 6.45) is 2.40. The van der Waals surface area contributed by atoms with Crippen LogP contribution in [0.5, 0.6) is 5.75 Å². The van der Waals surface area contributed by atoms with Crippen molar-refractivity contribution >= 4 is 5.69 Å². The minimum absolute atomic E-state index is 0.585. The quantitative estimate of drug-likeness (QED) is 0.869. The number of nitrogens with zero attached hydrogens (tertiary/aromatic N) is 3. The number of ether oxygens (including phenoxy) is 1. The van der Waals surface area contributed by atoms with Crippen molar-refractivity contribution in [3.63, 3.8) is 0 Å². The number of aromatic nitrogens is 3. The molecule has 0 fully saturated rings. The zero-order chi connectivity index (χ0) is 13.0. The molecule has 2 aromatic heterocycles. The van der Waals surface area contributed by atoms with Crippen molar-refractivity contribution in [2.24, 2.45) is 0 Å². The van der Waals surface area contributed by atoms with E-state index in [-0.39, 0.29) is 0 Å². The minimum atomic E-state index is 0.585. The Balaban J connectivity index is 1.95. The van der Waals surface area contributed by atoms with E-state index in [1.54, 1.807) is 20.2 Å². The van der Waals surface area contributed by atoms with Crippen molar-refractivity contribution in [2.75, 3.05) is 19.0 Å². The molecule has 0 aliphatic carbocycles. The van der Waals surface area contributed by atoms with Crippen LogP contribution in [0.2, 0.25) is 0 Å². The van der Waals surface area contributed by atoms with E-state index in [1.807, 2.05) is 13.0 Å². The first-order valence-corrected chi connectivity index (χ1v) is 5.72. The topological polar surface area (TPSA) is 73.1 Å². The lowest BCUT2D eigenvalue weighted by Crippen LogP contribution is -2.07. The monoisotopic (exact) mass is 248 g/mol. The molecule has 0 unspecified atom stereocenters. The molecular weight excluding hydrogens is 232 g/mol. The van der Waals surface area contributed by atoms with Crippen LogP contribution in [0.25, 0.3) is 0 Å². The lowest BCUT2D eigenvalue weighted by molar-refractivity contribution is 0.387. The van der Waals surface area contributed by atoms with Gasteiger partial charge in [0.15, 0.2) is 11.6 Å². The predicted octanol–water partition coefficient (Wildman–Crippen LogP) is 1.74. The lowest BCUT2D eigenvalue weighted by Gasteiger charge is -2.10. The Labute approximate surface area is 105 Å². The smallest absolute Gasteiger partial charge is 0.223 e. The molecule has 0 bridgehead atoms. The van der Waals surface area contributed by atoms with E-state index in [0.717, 1.165) is 17.1 Å². The Hall–Kier alpha value is -2.11. The van der Waals surface area contributed by atoms with E-state index in [9.17, 15) is 0 Å². The summed E-state index contributed by atoms with van der Waals surface area (Å²) in [6, 6.07) is 1.94. The van der Waals surface area contributed by atoms with E-state index in [2.05, 4.69) is 20.4 Å². The van der Waals surface area contributed by atoms with Crippen LogP contribution in [0, 0.1) is 13.8 Å². The predicted molar refractivity (Wildman–Crippen MR) is 66.8 cm³/mol. The van der Waals surface area contributed by atoms with Crippen molar-refractivity contribution in [2.45, 2.75) is 20.3 Å². The van der Waals surface area contributed by atoms with Gasteiger partial charge in [-0.15, -0.1) is 0 Å². The van der Waals surface area contributed by atoms with Crippen LogP contribution in [0.3, 0.4) is 0 Å². The van der Waals surface area contributed by atoms with E-state index in [1.165, 1.54) is 0 Å². The number of anilines is 1. The Kier molecular flexibility index (Phi) is 3.76. The fourth-order valence-electron chi connectivity index (χ4n) is 1.60. The van der Waals surface area contributed by atoms with Gasteiger partial charge >= 0.3 is 0 Å². The summed E-state index contributed by atoms with van der Waals surface area (Å²) in [7, 11) is 1.63. The van der Waals surface area contributed by atoms with E-state index < -0.39 is 0 Å². The normalized spacial score (nSPS) is 10.4.